The second-order valence-corrected chi connectivity index (χ2v) is 6.25. The van der Waals surface area contributed by atoms with E-state index >= 15 is 0 Å². The molecule has 0 saturated heterocycles. The molecule has 0 aliphatic heterocycles. The minimum Gasteiger partial charge on any atom is -0.480 e. The first-order valence-corrected chi connectivity index (χ1v) is 8.37. The lowest BCUT2D eigenvalue weighted by molar-refractivity contribution is -0.139. The number of hydrogen-bond donors (Lipinski definition) is 2. The molecule has 2 N–H and O–H groups in total. The van der Waals surface area contributed by atoms with Crippen LogP contribution in [-0.2, 0) is 11.3 Å². The quantitative estimate of drug-likeness (QED) is 0.775. The summed E-state index contributed by atoms with van der Waals surface area (Å²) in [5.74, 6) is -0.955. The number of urea groups is 1. The Bertz CT molecular complexity index is 471. The Balaban J connectivity index is 1.95. The van der Waals surface area contributed by atoms with Gasteiger partial charge in [-0.1, -0.05) is 19.8 Å². The van der Waals surface area contributed by atoms with Crippen LogP contribution in [0.15, 0.2) is 16.8 Å². The minimum absolute atomic E-state index is 0.255. The largest absolute Gasteiger partial charge is 0.480 e. The summed E-state index contributed by atoms with van der Waals surface area (Å²) < 4.78 is 0. The molecule has 1 heterocycles. The highest BCUT2D eigenvalue weighted by molar-refractivity contribution is 7.07. The van der Waals surface area contributed by atoms with Crippen molar-refractivity contribution >= 4 is 23.3 Å². The number of carboxylic acids is 1. The summed E-state index contributed by atoms with van der Waals surface area (Å²) >= 11 is 1.60. The zero-order valence-corrected chi connectivity index (χ0v) is 13.1. The Morgan fingerprint density at radius 2 is 2.29 bits per heavy atom. The average molecular weight is 310 g/mol. The van der Waals surface area contributed by atoms with Crippen LogP contribution in [0.1, 0.15) is 44.6 Å². The van der Waals surface area contributed by atoms with Crippen molar-refractivity contribution in [2.45, 2.75) is 57.7 Å². The molecule has 21 heavy (non-hydrogen) atoms. The van der Waals surface area contributed by atoms with E-state index in [0.29, 0.717) is 13.0 Å². The third-order valence-corrected chi connectivity index (χ3v) is 4.36. The molecular formula is C15H22N2O3S. The molecule has 0 radical (unpaired) electrons. The summed E-state index contributed by atoms with van der Waals surface area (Å²) in [7, 11) is 0. The van der Waals surface area contributed by atoms with Gasteiger partial charge in [0.05, 0.1) is 0 Å². The number of amides is 2. The maximum absolute atomic E-state index is 12.4. The van der Waals surface area contributed by atoms with E-state index in [4.69, 9.17) is 0 Å². The number of rotatable bonds is 8. The van der Waals surface area contributed by atoms with Crippen molar-refractivity contribution < 1.29 is 14.7 Å². The van der Waals surface area contributed by atoms with Crippen LogP contribution in [0, 0.1) is 0 Å². The number of nitrogens with zero attached hydrogens (tertiary/aromatic N) is 1. The summed E-state index contributed by atoms with van der Waals surface area (Å²) in [6.45, 7) is 2.56. The fourth-order valence-electron chi connectivity index (χ4n) is 2.23. The van der Waals surface area contributed by atoms with Gasteiger partial charge in [0.25, 0.3) is 0 Å². The molecule has 1 aliphatic carbocycles. The summed E-state index contributed by atoms with van der Waals surface area (Å²) in [6.07, 6.45) is 4.20. The van der Waals surface area contributed by atoms with Crippen LogP contribution in [-0.4, -0.2) is 34.1 Å². The van der Waals surface area contributed by atoms with Crippen molar-refractivity contribution in [1.82, 2.24) is 10.2 Å². The fraction of sp³-hybridized carbons (Fsp3) is 0.600. The Kier molecular flexibility index (Phi) is 5.61. The minimum atomic E-state index is -0.955. The van der Waals surface area contributed by atoms with Crippen molar-refractivity contribution in [3.05, 3.63) is 22.4 Å². The predicted molar refractivity (Wildman–Crippen MR) is 82.4 cm³/mol. The number of carboxylic acid groups (broad SMARTS) is 1. The summed E-state index contributed by atoms with van der Waals surface area (Å²) in [5.41, 5.74) is 1.10. The fourth-order valence-corrected chi connectivity index (χ4v) is 2.89. The second-order valence-electron chi connectivity index (χ2n) is 5.47. The smallest absolute Gasteiger partial charge is 0.326 e. The van der Waals surface area contributed by atoms with Crippen molar-refractivity contribution in [2.75, 3.05) is 0 Å². The number of nitrogens with one attached hydrogen (secondary N) is 1. The van der Waals surface area contributed by atoms with Crippen LogP contribution in [0.4, 0.5) is 4.79 Å². The maximum Gasteiger partial charge on any atom is 0.326 e. The van der Waals surface area contributed by atoms with E-state index in [-0.39, 0.29) is 12.1 Å². The number of carbonyl (C=O) groups is 2. The molecule has 1 saturated carbocycles. The maximum atomic E-state index is 12.4. The molecule has 6 heteroatoms. The van der Waals surface area contributed by atoms with Crippen LogP contribution in [0.3, 0.4) is 0 Å². The third kappa shape index (κ3) is 4.74. The first kappa shape index (κ1) is 15.8. The normalized spacial score (nSPS) is 15.5. The van der Waals surface area contributed by atoms with Gasteiger partial charge in [0.2, 0.25) is 0 Å². The topological polar surface area (TPSA) is 69.6 Å². The van der Waals surface area contributed by atoms with Gasteiger partial charge >= 0.3 is 12.0 Å². The number of hydrogen-bond acceptors (Lipinski definition) is 3. The molecule has 1 aromatic heterocycles. The molecule has 1 atom stereocenters. The summed E-state index contributed by atoms with van der Waals surface area (Å²) in [6, 6.07) is 1.21. The van der Waals surface area contributed by atoms with Crippen LogP contribution in [0.25, 0.3) is 0 Å². The van der Waals surface area contributed by atoms with E-state index in [9.17, 15) is 14.7 Å². The lowest BCUT2D eigenvalue weighted by atomic mass is 10.1. The van der Waals surface area contributed by atoms with Gasteiger partial charge < -0.3 is 15.3 Å². The highest BCUT2D eigenvalue weighted by atomic mass is 32.1. The van der Waals surface area contributed by atoms with Gasteiger partial charge in [-0.05, 0) is 41.7 Å². The molecule has 116 valence electrons. The summed E-state index contributed by atoms with van der Waals surface area (Å²) in [4.78, 5) is 25.4. The monoisotopic (exact) mass is 310 g/mol. The van der Waals surface area contributed by atoms with Gasteiger partial charge in [0, 0.05) is 12.6 Å². The Hall–Kier alpha value is -1.56. The molecule has 1 fully saturated rings. The van der Waals surface area contributed by atoms with Crippen LogP contribution in [0.5, 0.6) is 0 Å². The average Bonchev–Trinajstić information content (AvgIpc) is 3.16. The van der Waals surface area contributed by atoms with Gasteiger partial charge in [-0.15, -0.1) is 0 Å². The zero-order valence-electron chi connectivity index (χ0n) is 12.2. The van der Waals surface area contributed by atoms with E-state index in [1.807, 2.05) is 23.8 Å². The van der Waals surface area contributed by atoms with Gasteiger partial charge in [-0.25, -0.2) is 9.59 Å². The molecule has 2 rings (SSSR count). The van der Waals surface area contributed by atoms with Gasteiger partial charge in [0.15, 0.2) is 0 Å². The van der Waals surface area contributed by atoms with E-state index in [2.05, 4.69) is 5.32 Å². The van der Waals surface area contributed by atoms with Crippen LogP contribution >= 0.6 is 11.3 Å². The molecule has 1 unspecified atom stereocenters. The van der Waals surface area contributed by atoms with Gasteiger partial charge in [-0.2, -0.15) is 11.3 Å². The Morgan fingerprint density at radius 3 is 2.81 bits per heavy atom. The molecule has 1 aromatic rings. The summed E-state index contributed by atoms with van der Waals surface area (Å²) in [5, 5.41) is 15.9. The molecule has 1 aliphatic rings. The first-order valence-electron chi connectivity index (χ1n) is 7.42. The SMILES string of the molecule is CCCCC(NC(=O)N(Cc1ccsc1)C1CC1)C(=O)O. The van der Waals surface area contributed by atoms with E-state index < -0.39 is 12.0 Å². The number of carbonyl (C=O) groups excluding carboxylic acids is 1. The third-order valence-electron chi connectivity index (χ3n) is 3.62. The first-order chi connectivity index (χ1) is 10.1. The van der Waals surface area contributed by atoms with Crippen molar-refractivity contribution in [3.63, 3.8) is 0 Å². The van der Waals surface area contributed by atoms with Crippen LogP contribution in [0.2, 0.25) is 0 Å². The lowest BCUT2D eigenvalue weighted by Gasteiger charge is -2.25. The second kappa shape index (κ2) is 7.45. The molecule has 0 aromatic carbocycles. The highest BCUT2D eigenvalue weighted by Gasteiger charge is 2.34. The Labute approximate surface area is 129 Å². The number of aliphatic carboxylic acids is 1. The number of unbranched alkanes of at least 4 members (excludes halogenated alkanes) is 1. The molecule has 5 nitrogen and oxygen atoms in total. The lowest BCUT2D eigenvalue weighted by Crippen LogP contribution is -2.48. The van der Waals surface area contributed by atoms with Crippen LogP contribution < -0.4 is 5.32 Å². The van der Waals surface area contributed by atoms with Gasteiger partial charge in [0.1, 0.15) is 6.04 Å². The molecule has 0 spiro atoms. The van der Waals surface area contributed by atoms with E-state index in [1.54, 1.807) is 16.2 Å². The molecular weight excluding hydrogens is 288 g/mol. The Morgan fingerprint density at radius 1 is 1.52 bits per heavy atom. The highest BCUT2D eigenvalue weighted by Crippen LogP contribution is 2.28. The van der Waals surface area contributed by atoms with E-state index in [1.165, 1.54) is 0 Å². The molecule has 2 amide bonds. The van der Waals surface area contributed by atoms with Gasteiger partial charge in [-0.3, -0.25) is 0 Å². The van der Waals surface area contributed by atoms with Crippen molar-refractivity contribution in [1.29, 1.82) is 0 Å². The standard InChI is InChI=1S/C15H22N2O3S/c1-2-3-4-13(14(18)19)16-15(20)17(12-5-6-12)9-11-7-8-21-10-11/h7-8,10,12-13H,2-6,9H2,1H3,(H,16,20)(H,18,19). The van der Waals surface area contributed by atoms with Crippen molar-refractivity contribution in [3.8, 4) is 0 Å². The molecule has 0 bridgehead atoms. The van der Waals surface area contributed by atoms with E-state index in [0.717, 1.165) is 31.2 Å². The number of thiophene rings is 1. The van der Waals surface area contributed by atoms with Crippen molar-refractivity contribution in [2.24, 2.45) is 0 Å². The predicted octanol–water partition coefficient (Wildman–Crippen LogP) is 3.07. The zero-order chi connectivity index (χ0) is 15.2.